The number of carbonyl (C=O) groups is 1. The fourth-order valence-corrected chi connectivity index (χ4v) is 1.17. The Morgan fingerprint density at radius 1 is 1.07 bits per heavy atom. The summed E-state index contributed by atoms with van der Waals surface area (Å²) >= 11 is 0. The first kappa shape index (κ1) is 9.45. The van der Waals surface area contributed by atoms with E-state index in [0.29, 0.717) is 12.0 Å². The summed E-state index contributed by atoms with van der Waals surface area (Å²) in [7, 11) is 0. The molecule has 1 aromatic heterocycles. The second-order valence-electron chi connectivity index (χ2n) is 2.95. The highest BCUT2D eigenvalue weighted by atomic mass is 19.1. The average Bonchev–Trinajstić information content (AvgIpc) is 2.30. The monoisotopic (exact) mass is 202 g/mol. The van der Waals surface area contributed by atoms with Crippen LogP contribution in [-0.2, 0) is 0 Å². The molecular weight excluding hydrogens is 195 g/mol. The third-order valence-corrected chi connectivity index (χ3v) is 1.93. The van der Waals surface area contributed by atoms with Gasteiger partial charge in [-0.3, -0.25) is 9.78 Å². The molecule has 2 rings (SSSR count). The molecule has 0 aliphatic carbocycles. The molecule has 0 N–H and O–H groups in total. The van der Waals surface area contributed by atoms with Gasteiger partial charge in [0.25, 0.3) is 0 Å². The molecule has 3 nitrogen and oxygen atoms in total. The van der Waals surface area contributed by atoms with E-state index in [-0.39, 0.29) is 11.5 Å². The van der Waals surface area contributed by atoms with Crippen molar-refractivity contribution in [1.82, 2.24) is 9.97 Å². The highest BCUT2D eigenvalue weighted by molar-refractivity contribution is 5.71. The number of aldehydes is 1. The molecule has 15 heavy (non-hydrogen) atoms. The van der Waals surface area contributed by atoms with Gasteiger partial charge < -0.3 is 0 Å². The van der Waals surface area contributed by atoms with Crippen molar-refractivity contribution in [2.45, 2.75) is 0 Å². The molecule has 0 radical (unpaired) electrons. The van der Waals surface area contributed by atoms with Crippen LogP contribution in [0, 0.1) is 5.82 Å². The molecule has 0 bridgehead atoms. The second kappa shape index (κ2) is 3.96. The lowest BCUT2D eigenvalue weighted by molar-refractivity contribution is 0.111. The van der Waals surface area contributed by atoms with Gasteiger partial charge in [0, 0.05) is 5.56 Å². The van der Waals surface area contributed by atoms with Crippen LogP contribution < -0.4 is 0 Å². The van der Waals surface area contributed by atoms with Gasteiger partial charge in [-0.2, -0.15) is 0 Å². The number of carbonyl (C=O) groups excluding carboxylic acids is 1. The molecule has 0 atom stereocenters. The molecule has 0 amide bonds. The van der Waals surface area contributed by atoms with E-state index in [0.717, 1.165) is 5.56 Å². The molecule has 0 saturated carbocycles. The SMILES string of the molecule is O=Cc1cnc(-c2ccc(F)cc2)cn1. The zero-order chi connectivity index (χ0) is 10.7. The normalized spacial score (nSPS) is 9.93. The zero-order valence-corrected chi connectivity index (χ0v) is 7.72. The summed E-state index contributed by atoms with van der Waals surface area (Å²) in [5, 5.41) is 0. The van der Waals surface area contributed by atoms with Crippen molar-refractivity contribution in [3.63, 3.8) is 0 Å². The van der Waals surface area contributed by atoms with Crippen LogP contribution in [0.15, 0.2) is 36.7 Å². The third-order valence-electron chi connectivity index (χ3n) is 1.93. The van der Waals surface area contributed by atoms with Gasteiger partial charge in [-0.25, -0.2) is 9.37 Å². The lowest BCUT2D eigenvalue weighted by Gasteiger charge is -1.99. The Kier molecular flexibility index (Phi) is 2.49. The molecule has 0 spiro atoms. The van der Waals surface area contributed by atoms with Crippen molar-refractivity contribution < 1.29 is 9.18 Å². The minimum absolute atomic E-state index is 0.279. The van der Waals surface area contributed by atoms with Gasteiger partial charge in [0.1, 0.15) is 11.5 Å². The third kappa shape index (κ3) is 2.04. The Morgan fingerprint density at radius 2 is 1.80 bits per heavy atom. The minimum atomic E-state index is -0.295. The fourth-order valence-electron chi connectivity index (χ4n) is 1.17. The molecular formula is C11H7FN2O. The lowest BCUT2D eigenvalue weighted by Crippen LogP contribution is -1.90. The fraction of sp³-hybridized carbons (Fsp3) is 0. The number of hydrogen-bond acceptors (Lipinski definition) is 3. The number of benzene rings is 1. The van der Waals surface area contributed by atoms with Gasteiger partial charge in [-0.15, -0.1) is 0 Å². The maximum Gasteiger partial charge on any atom is 0.170 e. The first-order chi connectivity index (χ1) is 7.29. The van der Waals surface area contributed by atoms with Crippen molar-refractivity contribution in [3.05, 3.63) is 48.2 Å². The topological polar surface area (TPSA) is 42.9 Å². The highest BCUT2D eigenvalue weighted by Gasteiger charge is 2.00. The van der Waals surface area contributed by atoms with Gasteiger partial charge in [0.15, 0.2) is 6.29 Å². The maximum absolute atomic E-state index is 12.6. The standard InChI is InChI=1S/C11H7FN2O/c12-9-3-1-8(2-4-9)11-6-13-10(7-15)5-14-11/h1-7H. The summed E-state index contributed by atoms with van der Waals surface area (Å²) in [4.78, 5) is 18.3. The van der Waals surface area contributed by atoms with Crippen molar-refractivity contribution in [1.29, 1.82) is 0 Å². The van der Waals surface area contributed by atoms with Crippen LogP contribution in [0.1, 0.15) is 10.5 Å². The van der Waals surface area contributed by atoms with Crippen LogP contribution in [0.25, 0.3) is 11.3 Å². The molecule has 0 fully saturated rings. The Balaban J connectivity index is 2.37. The highest BCUT2D eigenvalue weighted by Crippen LogP contribution is 2.15. The van der Waals surface area contributed by atoms with E-state index in [1.807, 2.05) is 0 Å². The van der Waals surface area contributed by atoms with E-state index in [4.69, 9.17) is 0 Å². The summed E-state index contributed by atoms with van der Waals surface area (Å²) in [6.45, 7) is 0. The maximum atomic E-state index is 12.6. The molecule has 1 aromatic carbocycles. The Labute approximate surface area is 85.6 Å². The van der Waals surface area contributed by atoms with Gasteiger partial charge in [0.05, 0.1) is 18.1 Å². The largest absolute Gasteiger partial charge is 0.296 e. The van der Waals surface area contributed by atoms with Crippen LogP contribution >= 0.6 is 0 Å². The smallest absolute Gasteiger partial charge is 0.170 e. The summed E-state index contributed by atoms with van der Waals surface area (Å²) in [6.07, 6.45) is 3.49. The lowest BCUT2D eigenvalue weighted by atomic mass is 10.1. The summed E-state index contributed by atoms with van der Waals surface area (Å²) in [6, 6.07) is 5.93. The first-order valence-electron chi connectivity index (χ1n) is 4.33. The van der Waals surface area contributed by atoms with E-state index in [9.17, 15) is 9.18 Å². The zero-order valence-electron chi connectivity index (χ0n) is 7.72. The van der Waals surface area contributed by atoms with E-state index in [1.54, 1.807) is 12.1 Å². The molecule has 0 aliphatic heterocycles. The second-order valence-corrected chi connectivity index (χ2v) is 2.95. The molecule has 74 valence electrons. The van der Waals surface area contributed by atoms with Gasteiger partial charge >= 0.3 is 0 Å². The predicted octanol–water partition coefficient (Wildman–Crippen LogP) is 2.10. The van der Waals surface area contributed by atoms with Gasteiger partial charge in [0.2, 0.25) is 0 Å². The van der Waals surface area contributed by atoms with Gasteiger partial charge in [-0.05, 0) is 24.3 Å². The molecule has 2 aromatic rings. The Hall–Kier alpha value is -2.10. The first-order valence-corrected chi connectivity index (χ1v) is 4.33. The molecule has 0 saturated heterocycles. The number of nitrogens with zero attached hydrogens (tertiary/aromatic N) is 2. The van der Waals surface area contributed by atoms with Crippen LogP contribution in [0.4, 0.5) is 4.39 Å². The van der Waals surface area contributed by atoms with Crippen molar-refractivity contribution >= 4 is 6.29 Å². The van der Waals surface area contributed by atoms with Crippen molar-refractivity contribution in [2.75, 3.05) is 0 Å². The van der Waals surface area contributed by atoms with Gasteiger partial charge in [-0.1, -0.05) is 0 Å². The quantitative estimate of drug-likeness (QED) is 0.700. The minimum Gasteiger partial charge on any atom is -0.296 e. The van der Waals surface area contributed by atoms with Crippen LogP contribution in [-0.4, -0.2) is 16.3 Å². The van der Waals surface area contributed by atoms with Crippen LogP contribution in [0.2, 0.25) is 0 Å². The summed E-state index contributed by atoms with van der Waals surface area (Å²) in [5.41, 5.74) is 1.66. The molecule has 4 heteroatoms. The molecule has 0 aliphatic rings. The number of hydrogen-bond donors (Lipinski definition) is 0. The van der Waals surface area contributed by atoms with E-state index < -0.39 is 0 Å². The van der Waals surface area contributed by atoms with Crippen LogP contribution in [0.3, 0.4) is 0 Å². The van der Waals surface area contributed by atoms with E-state index in [2.05, 4.69) is 9.97 Å². The van der Waals surface area contributed by atoms with Crippen molar-refractivity contribution in [2.24, 2.45) is 0 Å². The number of halogens is 1. The Morgan fingerprint density at radius 3 is 2.33 bits per heavy atom. The average molecular weight is 202 g/mol. The van der Waals surface area contributed by atoms with E-state index in [1.165, 1.54) is 24.5 Å². The van der Waals surface area contributed by atoms with Crippen molar-refractivity contribution in [3.8, 4) is 11.3 Å². The van der Waals surface area contributed by atoms with Crippen LogP contribution in [0.5, 0.6) is 0 Å². The molecule has 1 heterocycles. The number of rotatable bonds is 2. The van der Waals surface area contributed by atoms with E-state index >= 15 is 0 Å². The molecule has 0 unspecified atom stereocenters. The summed E-state index contributed by atoms with van der Waals surface area (Å²) < 4.78 is 12.6. The predicted molar refractivity (Wildman–Crippen MR) is 52.8 cm³/mol. The summed E-state index contributed by atoms with van der Waals surface area (Å²) in [5.74, 6) is -0.295. The Bertz CT molecular complexity index is 465. The number of aromatic nitrogens is 2.